The highest BCUT2D eigenvalue weighted by molar-refractivity contribution is 6.18. The van der Waals surface area contributed by atoms with Crippen molar-refractivity contribution in [2.45, 2.75) is 0 Å². The third kappa shape index (κ3) is 1.51. The molecule has 0 bridgehead atoms. The molecular weight excluding hydrogens is 284 g/mol. The van der Waals surface area contributed by atoms with Crippen molar-refractivity contribution in [3.05, 3.63) is 41.7 Å². The van der Waals surface area contributed by atoms with Crippen molar-refractivity contribution in [3.8, 4) is 11.5 Å². The number of carbonyl (C=O) groups is 2. The van der Waals surface area contributed by atoms with Crippen LogP contribution < -0.4 is 11.2 Å². The molecule has 107 valence electrons. The molecule has 0 aliphatic carbocycles. The van der Waals surface area contributed by atoms with Crippen molar-refractivity contribution in [3.63, 3.8) is 0 Å². The van der Waals surface area contributed by atoms with E-state index in [-0.39, 0.29) is 5.91 Å². The second-order valence-corrected chi connectivity index (χ2v) is 4.70. The summed E-state index contributed by atoms with van der Waals surface area (Å²) >= 11 is 0. The van der Waals surface area contributed by atoms with E-state index in [0.29, 0.717) is 33.5 Å². The van der Waals surface area contributed by atoms with Crippen LogP contribution >= 0.6 is 0 Å². The smallest absolute Gasteiger partial charge is 0.324 e. The van der Waals surface area contributed by atoms with Crippen molar-refractivity contribution in [1.29, 1.82) is 0 Å². The molecule has 0 fully saturated rings. The quantitative estimate of drug-likeness (QED) is 0.616. The van der Waals surface area contributed by atoms with Crippen molar-refractivity contribution in [2.24, 2.45) is 10.8 Å². The minimum Gasteiger partial charge on any atom is -0.351 e. The van der Waals surface area contributed by atoms with E-state index >= 15 is 0 Å². The van der Waals surface area contributed by atoms with E-state index in [1.54, 1.807) is 24.5 Å². The molecule has 1 aromatic carbocycles. The molecule has 1 aliphatic rings. The second kappa shape index (κ2) is 4.29. The molecule has 0 saturated heterocycles. The minimum absolute atomic E-state index is 0.371. The topological polar surface area (TPSA) is 118 Å². The third-order valence-corrected chi connectivity index (χ3v) is 3.51. The summed E-state index contributed by atoms with van der Waals surface area (Å²) < 4.78 is 1.30. The number of amides is 2. The van der Waals surface area contributed by atoms with Crippen molar-refractivity contribution >= 4 is 29.1 Å². The molecule has 0 spiro atoms. The predicted molar refractivity (Wildman–Crippen MR) is 78.4 cm³/mol. The monoisotopic (exact) mass is 293 g/mol. The number of aromatic amines is 1. The summed E-state index contributed by atoms with van der Waals surface area (Å²) in [7, 11) is 0. The SMILES string of the molecule is NC(=O)n1c(-c2ncc[nH]2)c2c3c(c[c]cc31)C(=O)NN=C2. The fourth-order valence-corrected chi connectivity index (χ4v) is 2.68. The van der Waals surface area contributed by atoms with Gasteiger partial charge in [0.1, 0.15) is 5.69 Å². The number of carbonyl (C=O) groups excluding carboxylic acids is 2. The maximum Gasteiger partial charge on any atom is 0.324 e. The number of nitrogens with one attached hydrogen (secondary N) is 2. The van der Waals surface area contributed by atoms with Gasteiger partial charge in [0.15, 0.2) is 5.82 Å². The summed E-state index contributed by atoms with van der Waals surface area (Å²) in [5.41, 5.74) is 9.83. The van der Waals surface area contributed by atoms with Crippen molar-refractivity contribution in [1.82, 2.24) is 20.0 Å². The molecule has 0 atom stereocenters. The Bertz CT molecular complexity index is 952. The fourth-order valence-electron chi connectivity index (χ4n) is 2.68. The highest BCUT2D eigenvalue weighted by Gasteiger charge is 2.26. The Morgan fingerprint density at radius 2 is 2.23 bits per heavy atom. The highest BCUT2D eigenvalue weighted by atomic mass is 16.2. The number of H-pyrrole nitrogens is 1. The molecule has 0 unspecified atom stereocenters. The van der Waals surface area contributed by atoms with Crippen LogP contribution in [0.25, 0.3) is 22.4 Å². The Labute approximate surface area is 123 Å². The van der Waals surface area contributed by atoms with Crippen LogP contribution in [0.5, 0.6) is 0 Å². The van der Waals surface area contributed by atoms with Gasteiger partial charge in [-0.3, -0.25) is 9.36 Å². The lowest BCUT2D eigenvalue weighted by molar-refractivity contribution is 0.0957. The summed E-state index contributed by atoms with van der Waals surface area (Å²) in [6.45, 7) is 0. The lowest BCUT2D eigenvalue weighted by Crippen LogP contribution is -2.21. The van der Waals surface area contributed by atoms with Crippen molar-refractivity contribution < 1.29 is 9.59 Å². The lowest BCUT2D eigenvalue weighted by Gasteiger charge is -2.05. The summed E-state index contributed by atoms with van der Waals surface area (Å²) in [4.78, 5) is 31.1. The maximum absolute atomic E-state index is 12.1. The van der Waals surface area contributed by atoms with Gasteiger partial charge in [-0.05, 0) is 18.2 Å². The molecule has 3 aromatic rings. The average Bonchev–Trinajstić information content (AvgIpc) is 3.08. The molecule has 8 nitrogen and oxygen atoms in total. The summed E-state index contributed by atoms with van der Waals surface area (Å²) in [5, 5.41) is 4.48. The van der Waals surface area contributed by atoms with E-state index in [0.717, 1.165) is 0 Å². The molecule has 4 N–H and O–H groups in total. The first kappa shape index (κ1) is 12.3. The lowest BCUT2D eigenvalue weighted by atomic mass is 10.1. The van der Waals surface area contributed by atoms with Crippen LogP contribution in [-0.4, -0.2) is 32.7 Å². The van der Waals surface area contributed by atoms with E-state index in [9.17, 15) is 9.59 Å². The number of imidazole rings is 1. The Morgan fingerprint density at radius 3 is 2.95 bits per heavy atom. The second-order valence-electron chi connectivity index (χ2n) is 4.70. The van der Waals surface area contributed by atoms with Crippen LogP contribution in [0.15, 0.2) is 29.6 Å². The van der Waals surface area contributed by atoms with Gasteiger partial charge in [-0.2, -0.15) is 5.10 Å². The molecule has 0 saturated carbocycles. The number of primary amides is 1. The first-order chi connectivity index (χ1) is 10.7. The largest absolute Gasteiger partial charge is 0.351 e. The van der Waals surface area contributed by atoms with Gasteiger partial charge in [0, 0.05) is 23.3 Å². The number of aromatic nitrogens is 3. The van der Waals surface area contributed by atoms with Crippen LogP contribution in [0.3, 0.4) is 0 Å². The molecule has 8 heteroatoms. The van der Waals surface area contributed by atoms with Crippen LogP contribution in [0.1, 0.15) is 15.9 Å². The van der Waals surface area contributed by atoms with Crippen molar-refractivity contribution in [2.75, 3.05) is 0 Å². The standard InChI is InChI=1S/C14H9N6O2/c15-14(22)20-9-3-1-2-7-10(9)8(6-18-19-13(7)21)11(20)12-16-4-5-17-12/h2-6H,(H2,15,22)(H,16,17)(H,19,21). The summed E-state index contributed by atoms with van der Waals surface area (Å²) in [6.07, 6.45) is 4.68. The van der Waals surface area contributed by atoms with Gasteiger partial charge >= 0.3 is 6.03 Å². The van der Waals surface area contributed by atoms with E-state index in [1.807, 2.05) is 0 Å². The van der Waals surface area contributed by atoms with Crippen LogP contribution in [-0.2, 0) is 0 Å². The Morgan fingerprint density at radius 1 is 1.36 bits per heavy atom. The fraction of sp³-hybridized carbons (Fsp3) is 0. The van der Waals surface area contributed by atoms with Gasteiger partial charge in [0.25, 0.3) is 5.91 Å². The van der Waals surface area contributed by atoms with Crippen LogP contribution in [0.2, 0.25) is 0 Å². The molecule has 22 heavy (non-hydrogen) atoms. The Hall–Kier alpha value is -3.42. The van der Waals surface area contributed by atoms with E-state index in [1.165, 1.54) is 10.8 Å². The van der Waals surface area contributed by atoms with Gasteiger partial charge in [0.05, 0.1) is 17.3 Å². The van der Waals surface area contributed by atoms with E-state index in [2.05, 4.69) is 26.6 Å². The van der Waals surface area contributed by atoms with Gasteiger partial charge in [0.2, 0.25) is 0 Å². The number of hydrazone groups is 1. The molecule has 3 heterocycles. The summed E-state index contributed by atoms with van der Waals surface area (Å²) in [6, 6.07) is 5.33. The first-order valence-corrected chi connectivity index (χ1v) is 6.40. The molecule has 2 amide bonds. The van der Waals surface area contributed by atoms with Crippen LogP contribution in [0.4, 0.5) is 4.79 Å². The Balaban J connectivity index is 2.25. The summed E-state index contributed by atoms with van der Waals surface area (Å²) in [5.74, 6) is 0.0845. The average molecular weight is 293 g/mol. The van der Waals surface area contributed by atoms with E-state index < -0.39 is 6.03 Å². The van der Waals surface area contributed by atoms with Gasteiger partial charge in [-0.1, -0.05) is 0 Å². The molecule has 1 radical (unpaired) electrons. The highest BCUT2D eigenvalue weighted by Crippen LogP contribution is 2.33. The number of nitrogens with zero attached hydrogens (tertiary/aromatic N) is 3. The zero-order valence-corrected chi connectivity index (χ0v) is 11.1. The maximum atomic E-state index is 12.1. The minimum atomic E-state index is -0.678. The molecular formula is C14H9N6O2. The zero-order valence-electron chi connectivity index (χ0n) is 11.1. The number of rotatable bonds is 1. The first-order valence-electron chi connectivity index (χ1n) is 6.40. The normalized spacial score (nSPS) is 13.2. The van der Waals surface area contributed by atoms with Crippen LogP contribution in [0, 0.1) is 6.07 Å². The predicted octanol–water partition coefficient (Wildman–Crippen LogP) is 0.836. The van der Waals surface area contributed by atoms with Gasteiger partial charge in [-0.15, -0.1) is 0 Å². The Kier molecular flexibility index (Phi) is 2.40. The van der Waals surface area contributed by atoms with E-state index in [4.69, 9.17) is 5.73 Å². The zero-order chi connectivity index (χ0) is 15.3. The van der Waals surface area contributed by atoms with Gasteiger partial charge in [-0.25, -0.2) is 15.2 Å². The molecule has 4 rings (SSSR count). The van der Waals surface area contributed by atoms with Gasteiger partial charge < -0.3 is 10.7 Å². The molecule has 2 aromatic heterocycles. The number of hydrogen-bond donors (Lipinski definition) is 3. The number of hydrogen-bond acceptors (Lipinski definition) is 4. The number of benzene rings is 1. The molecule has 1 aliphatic heterocycles. The third-order valence-electron chi connectivity index (χ3n) is 3.51. The number of nitrogens with two attached hydrogens (primary N) is 1.